The number of ether oxygens (including phenoxy) is 1. The van der Waals surface area contributed by atoms with E-state index in [0.29, 0.717) is 6.10 Å². The molecule has 0 aromatic carbocycles. The molecule has 0 aromatic heterocycles. The molecule has 2 saturated heterocycles. The van der Waals surface area contributed by atoms with E-state index in [1.807, 2.05) is 7.11 Å². The normalized spacial score (nSPS) is 25.3. The van der Waals surface area contributed by atoms with Crippen LogP contribution >= 0.6 is 0 Å². The maximum atomic E-state index is 5.44. The summed E-state index contributed by atoms with van der Waals surface area (Å²) in [5, 5.41) is 0. The second-order valence-corrected chi connectivity index (χ2v) is 6.64. The summed E-state index contributed by atoms with van der Waals surface area (Å²) in [6, 6.07) is 0.731. The average molecular weight is 268 g/mol. The van der Waals surface area contributed by atoms with Gasteiger partial charge in [-0.05, 0) is 71.5 Å². The van der Waals surface area contributed by atoms with Gasteiger partial charge in [0.2, 0.25) is 0 Å². The van der Waals surface area contributed by atoms with Crippen molar-refractivity contribution in [3.63, 3.8) is 0 Å². The second-order valence-electron chi connectivity index (χ2n) is 6.64. The Balaban J connectivity index is 1.59. The molecule has 0 aromatic rings. The highest BCUT2D eigenvalue weighted by Gasteiger charge is 2.23. The van der Waals surface area contributed by atoms with Crippen LogP contribution in [0.25, 0.3) is 0 Å². The number of nitrogens with zero attached hydrogens (tertiary/aromatic N) is 2. The number of likely N-dealkylation sites (tertiary alicyclic amines) is 2. The Morgan fingerprint density at radius 1 is 1.00 bits per heavy atom. The van der Waals surface area contributed by atoms with E-state index in [1.54, 1.807) is 0 Å². The highest BCUT2D eigenvalue weighted by atomic mass is 16.5. The molecule has 0 aliphatic carbocycles. The number of piperidine rings is 2. The lowest BCUT2D eigenvalue weighted by molar-refractivity contribution is 0.0380. The van der Waals surface area contributed by atoms with Crippen LogP contribution in [-0.2, 0) is 4.74 Å². The minimum absolute atomic E-state index is 0.519. The van der Waals surface area contributed by atoms with Crippen LogP contribution in [-0.4, -0.2) is 61.8 Å². The van der Waals surface area contributed by atoms with E-state index in [2.05, 4.69) is 23.6 Å². The summed E-state index contributed by atoms with van der Waals surface area (Å²) in [6.45, 7) is 11.1. The van der Waals surface area contributed by atoms with E-state index >= 15 is 0 Å². The molecule has 2 heterocycles. The lowest BCUT2D eigenvalue weighted by Crippen LogP contribution is -2.40. The van der Waals surface area contributed by atoms with Crippen molar-refractivity contribution in [1.29, 1.82) is 0 Å². The van der Waals surface area contributed by atoms with Crippen LogP contribution in [0.15, 0.2) is 0 Å². The first-order chi connectivity index (χ1) is 9.19. The summed E-state index contributed by atoms with van der Waals surface area (Å²) < 4.78 is 5.44. The Kier molecular flexibility index (Phi) is 6.11. The maximum Gasteiger partial charge on any atom is 0.0595 e. The fourth-order valence-corrected chi connectivity index (χ4v) is 3.49. The van der Waals surface area contributed by atoms with Gasteiger partial charge in [-0.3, -0.25) is 0 Å². The third-order valence-corrected chi connectivity index (χ3v) is 5.10. The van der Waals surface area contributed by atoms with Crippen molar-refractivity contribution >= 4 is 0 Å². The van der Waals surface area contributed by atoms with E-state index in [1.165, 1.54) is 64.8 Å². The van der Waals surface area contributed by atoms with Crippen molar-refractivity contribution in [2.75, 3.05) is 39.8 Å². The van der Waals surface area contributed by atoms with Crippen LogP contribution in [0.5, 0.6) is 0 Å². The first-order valence-electron chi connectivity index (χ1n) is 8.18. The molecule has 0 radical (unpaired) electrons. The standard InChI is InChI=1S/C16H32N2O/c1-14(2)18-12-5-15(6-13-18)4-9-17-10-7-16(19-3)8-11-17/h14-16H,4-13H2,1-3H3. The summed E-state index contributed by atoms with van der Waals surface area (Å²) >= 11 is 0. The molecule has 0 spiro atoms. The van der Waals surface area contributed by atoms with Crippen molar-refractivity contribution < 1.29 is 4.74 Å². The van der Waals surface area contributed by atoms with Crippen molar-refractivity contribution in [2.45, 2.75) is 58.1 Å². The predicted molar refractivity (Wildman–Crippen MR) is 80.5 cm³/mol. The molecular weight excluding hydrogens is 236 g/mol. The molecule has 2 rings (SSSR count). The largest absolute Gasteiger partial charge is 0.381 e. The molecule has 112 valence electrons. The van der Waals surface area contributed by atoms with Crippen molar-refractivity contribution in [3.8, 4) is 0 Å². The van der Waals surface area contributed by atoms with Gasteiger partial charge in [0, 0.05) is 26.2 Å². The van der Waals surface area contributed by atoms with E-state index in [4.69, 9.17) is 4.74 Å². The number of hydrogen-bond donors (Lipinski definition) is 0. The topological polar surface area (TPSA) is 15.7 Å². The number of rotatable bonds is 5. The summed E-state index contributed by atoms with van der Waals surface area (Å²) in [6.07, 6.45) is 7.19. The molecule has 0 atom stereocenters. The van der Waals surface area contributed by atoms with Gasteiger partial charge in [0.25, 0.3) is 0 Å². The Morgan fingerprint density at radius 3 is 2.16 bits per heavy atom. The second kappa shape index (κ2) is 7.61. The molecular formula is C16H32N2O. The molecule has 0 amide bonds. The highest BCUT2D eigenvalue weighted by molar-refractivity contribution is 4.77. The zero-order valence-corrected chi connectivity index (χ0v) is 13.1. The van der Waals surface area contributed by atoms with E-state index in [0.717, 1.165) is 12.0 Å². The van der Waals surface area contributed by atoms with Crippen molar-refractivity contribution in [1.82, 2.24) is 9.80 Å². The van der Waals surface area contributed by atoms with Gasteiger partial charge < -0.3 is 14.5 Å². The Labute approximate surface area is 119 Å². The predicted octanol–water partition coefficient (Wildman–Crippen LogP) is 2.61. The van der Waals surface area contributed by atoms with Gasteiger partial charge in [-0.1, -0.05) is 0 Å². The molecule has 2 aliphatic rings. The van der Waals surface area contributed by atoms with E-state index < -0.39 is 0 Å². The summed E-state index contributed by atoms with van der Waals surface area (Å²) in [4.78, 5) is 5.27. The van der Waals surface area contributed by atoms with Gasteiger partial charge in [0.1, 0.15) is 0 Å². The van der Waals surface area contributed by atoms with Crippen LogP contribution < -0.4 is 0 Å². The van der Waals surface area contributed by atoms with Crippen molar-refractivity contribution in [3.05, 3.63) is 0 Å². The highest BCUT2D eigenvalue weighted by Crippen LogP contribution is 2.23. The Bertz CT molecular complexity index is 241. The maximum absolute atomic E-state index is 5.44. The van der Waals surface area contributed by atoms with Crippen LogP contribution in [0.3, 0.4) is 0 Å². The lowest BCUT2D eigenvalue weighted by atomic mass is 9.92. The smallest absolute Gasteiger partial charge is 0.0595 e. The molecule has 0 unspecified atom stereocenters. The molecule has 19 heavy (non-hydrogen) atoms. The van der Waals surface area contributed by atoms with Crippen LogP contribution in [0.4, 0.5) is 0 Å². The fraction of sp³-hybridized carbons (Fsp3) is 1.00. The molecule has 3 heteroatoms. The first-order valence-corrected chi connectivity index (χ1v) is 8.18. The third-order valence-electron chi connectivity index (χ3n) is 5.10. The van der Waals surface area contributed by atoms with Gasteiger partial charge in [0.05, 0.1) is 6.10 Å². The minimum Gasteiger partial charge on any atom is -0.381 e. The first kappa shape index (κ1) is 15.3. The van der Waals surface area contributed by atoms with Crippen LogP contribution in [0.2, 0.25) is 0 Å². The summed E-state index contributed by atoms with van der Waals surface area (Å²) in [5.41, 5.74) is 0. The van der Waals surface area contributed by atoms with E-state index in [-0.39, 0.29) is 0 Å². The molecule has 0 N–H and O–H groups in total. The zero-order valence-electron chi connectivity index (χ0n) is 13.1. The lowest BCUT2D eigenvalue weighted by Gasteiger charge is -2.36. The number of hydrogen-bond acceptors (Lipinski definition) is 3. The molecule has 2 aliphatic heterocycles. The van der Waals surface area contributed by atoms with Gasteiger partial charge >= 0.3 is 0 Å². The van der Waals surface area contributed by atoms with Crippen molar-refractivity contribution in [2.24, 2.45) is 5.92 Å². The summed E-state index contributed by atoms with van der Waals surface area (Å²) in [7, 11) is 1.85. The van der Waals surface area contributed by atoms with Gasteiger partial charge in [-0.25, -0.2) is 0 Å². The van der Waals surface area contributed by atoms with E-state index in [9.17, 15) is 0 Å². The SMILES string of the molecule is COC1CCN(CCC2CCN(C(C)C)CC2)CC1. The Morgan fingerprint density at radius 2 is 1.63 bits per heavy atom. The Hall–Kier alpha value is -0.120. The zero-order chi connectivity index (χ0) is 13.7. The molecule has 3 nitrogen and oxygen atoms in total. The summed E-state index contributed by atoms with van der Waals surface area (Å²) in [5.74, 6) is 0.968. The third kappa shape index (κ3) is 4.73. The average Bonchev–Trinajstić information content (AvgIpc) is 2.46. The van der Waals surface area contributed by atoms with Gasteiger partial charge in [-0.2, -0.15) is 0 Å². The molecule has 0 bridgehead atoms. The fourth-order valence-electron chi connectivity index (χ4n) is 3.49. The minimum atomic E-state index is 0.519. The number of methoxy groups -OCH3 is 1. The quantitative estimate of drug-likeness (QED) is 0.762. The molecule has 0 saturated carbocycles. The van der Waals surface area contributed by atoms with Crippen LogP contribution in [0.1, 0.15) is 46.0 Å². The van der Waals surface area contributed by atoms with Crippen LogP contribution in [0, 0.1) is 5.92 Å². The van der Waals surface area contributed by atoms with Gasteiger partial charge in [-0.15, -0.1) is 0 Å². The van der Waals surface area contributed by atoms with Gasteiger partial charge in [0.15, 0.2) is 0 Å². The molecule has 2 fully saturated rings. The monoisotopic (exact) mass is 268 g/mol.